The number of hydrogen-bond acceptors (Lipinski definition) is 5. The van der Waals surface area contributed by atoms with E-state index in [0.717, 1.165) is 11.4 Å². The molecule has 1 rings (SSSR count). The summed E-state index contributed by atoms with van der Waals surface area (Å²) in [6.07, 6.45) is 0. The first kappa shape index (κ1) is 11.9. The maximum Gasteiger partial charge on any atom is 0.233 e. The van der Waals surface area contributed by atoms with Gasteiger partial charge in [-0.2, -0.15) is 5.10 Å². The van der Waals surface area contributed by atoms with E-state index in [2.05, 4.69) is 20.5 Å². The molecule has 15 heavy (non-hydrogen) atoms. The minimum absolute atomic E-state index is 0.0400. The van der Waals surface area contributed by atoms with Crippen LogP contribution in [0.2, 0.25) is 0 Å². The van der Waals surface area contributed by atoms with Crippen LogP contribution in [-0.4, -0.2) is 33.4 Å². The van der Waals surface area contributed by atoms with Crippen LogP contribution in [-0.2, 0) is 4.79 Å². The molecule has 1 aromatic heterocycles. The average molecular weight is 226 g/mol. The Morgan fingerprint density at radius 3 is 2.53 bits per heavy atom. The second-order valence-corrected chi connectivity index (χ2v) is 4.45. The number of hydrogen-bond donors (Lipinski definition) is 1. The first-order valence-electron chi connectivity index (χ1n) is 4.60. The van der Waals surface area contributed by atoms with Crippen LogP contribution in [0.5, 0.6) is 0 Å². The summed E-state index contributed by atoms with van der Waals surface area (Å²) in [5.41, 5.74) is 1.66. The van der Waals surface area contributed by atoms with E-state index in [-0.39, 0.29) is 11.2 Å². The van der Waals surface area contributed by atoms with Gasteiger partial charge in [0, 0.05) is 7.05 Å². The number of rotatable bonds is 3. The SMILES string of the molecule is CNC(=O)C(C)Sc1nnc(C)c(C)n1. The van der Waals surface area contributed by atoms with Crippen molar-refractivity contribution in [2.45, 2.75) is 31.2 Å². The van der Waals surface area contributed by atoms with Crippen LogP contribution in [0.25, 0.3) is 0 Å². The van der Waals surface area contributed by atoms with Crippen LogP contribution in [0.1, 0.15) is 18.3 Å². The van der Waals surface area contributed by atoms with Crippen molar-refractivity contribution >= 4 is 17.7 Å². The number of nitrogens with one attached hydrogen (secondary N) is 1. The number of aryl methyl sites for hydroxylation is 2. The van der Waals surface area contributed by atoms with Crippen LogP contribution in [0.3, 0.4) is 0 Å². The lowest BCUT2D eigenvalue weighted by Gasteiger charge is -2.08. The molecule has 0 saturated carbocycles. The van der Waals surface area contributed by atoms with Gasteiger partial charge in [0.15, 0.2) is 0 Å². The molecule has 6 heteroatoms. The molecule has 0 bridgehead atoms. The van der Waals surface area contributed by atoms with Gasteiger partial charge in [-0.15, -0.1) is 5.10 Å². The van der Waals surface area contributed by atoms with Crippen molar-refractivity contribution in [3.63, 3.8) is 0 Å². The standard InChI is InChI=1S/C9H14N4OS/c1-5-6(2)12-13-9(11-5)15-7(3)8(14)10-4/h7H,1-4H3,(H,10,14). The Hall–Kier alpha value is -1.17. The Kier molecular flexibility index (Phi) is 4.02. The summed E-state index contributed by atoms with van der Waals surface area (Å²) in [7, 11) is 1.61. The van der Waals surface area contributed by atoms with Gasteiger partial charge < -0.3 is 5.32 Å². The van der Waals surface area contributed by atoms with Gasteiger partial charge in [-0.3, -0.25) is 4.79 Å². The van der Waals surface area contributed by atoms with Crippen molar-refractivity contribution in [1.29, 1.82) is 0 Å². The highest BCUT2D eigenvalue weighted by molar-refractivity contribution is 8.00. The highest BCUT2D eigenvalue weighted by Gasteiger charge is 2.14. The fourth-order valence-corrected chi connectivity index (χ4v) is 1.72. The summed E-state index contributed by atoms with van der Waals surface area (Å²) < 4.78 is 0. The van der Waals surface area contributed by atoms with Gasteiger partial charge in [-0.1, -0.05) is 11.8 Å². The van der Waals surface area contributed by atoms with Crippen LogP contribution < -0.4 is 5.32 Å². The van der Waals surface area contributed by atoms with Gasteiger partial charge in [0.1, 0.15) is 0 Å². The number of carbonyl (C=O) groups excluding carboxylic acids is 1. The normalized spacial score (nSPS) is 12.3. The highest BCUT2D eigenvalue weighted by atomic mass is 32.2. The van der Waals surface area contributed by atoms with Crippen molar-refractivity contribution in [3.8, 4) is 0 Å². The molecule has 0 radical (unpaired) electrons. The lowest BCUT2D eigenvalue weighted by atomic mass is 10.4. The summed E-state index contributed by atoms with van der Waals surface area (Å²) in [6, 6.07) is 0. The molecule has 1 aromatic rings. The monoisotopic (exact) mass is 226 g/mol. The number of thioether (sulfide) groups is 1. The smallest absolute Gasteiger partial charge is 0.233 e. The molecule has 82 valence electrons. The second kappa shape index (κ2) is 5.06. The molecule has 1 N–H and O–H groups in total. The predicted molar refractivity (Wildman–Crippen MR) is 58.7 cm³/mol. The Bertz CT molecular complexity index is 369. The van der Waals surface area contributed by atoms with E-state index >= 15 is 0 Å². The average Bonchev–Trinajstić information content (AvgIpc) is 2.22. The molecule has 0 spiro atoms. The number of nitrogens with zero attached hydrogens (tertiary/aromatic N) is 3. The molecular formula is C9H14N4OS. The van der Waals surface area contributed by atoms with E-state index in [9.17, 15) is 4.79 Å². The number of amides is 1. The Labute approximate surface area is 93.1 Å². The van der Waals surface area contributed by atoms with Crippen LogP contribution in [0.4, 0.5) is 0 Å². The van der Waals surface area contributed by atoms with Crippen molar-refractivity contribution < 1.29 is 4.79 Å². The Balaban J connectivity index is 2.73. The molecule has 5 nitrogen and oxygen atoms in total. The molecule has 0 saturated heterocycles. The van der Waals surface area contributed by atoms with Gasteiger partial charge in [0.25, 0.3) is 0 Å². The molecule has 0 aliphatic rings. The quantitative estimate of drug-likeness (QED) is 0.769. The third-order valence-electron chi connectivity index (χ3n) is 1.97. The molecule has 0 aliphatic heterocycles. The maximum absolute atomic E-state index is 11.3. The molecule has 0 aromatic carbocycles. The van der Waals surface area contributed by atoms with E-state index in [1.807, 2.05) is 20.8 Å². The molecular weight excluding hydrogens is 212 g/mol. The van der Waals surface area contributed by atoms with Gasteiger partial charge in [0.2, 0.25) is 11.1 Å². The molecule has 1 heterocycles. The van der Waals surface area contributed by atoms with E-state index < -0.39 is 0 Å². The predicted octanol–water partition coefficient (Wildman–Crippen LogP) is 0.715. The van der Waals surface area contributed by atoms with Crippen LogP contribution in [0, 0.1) is 13.8 Å². The van der Waals surface area contributed by atoms with Gasteiger partial charge in [0.05, 0.1) is 16.6 Å². The lowest BCUT2D eigenvalue weighted by Crippen LogP contribution is -2.27. The third kappa shape index (κ3) is 3.16. The van der Waals surface area contributed by atoms with Crippen molar-refractivity contribution in [2.24, 2.45) is 0 Å². The Morgan fingerprint density at radius 1 is 1.33 bits per heavy atom. The van der Waals surface area contributed by atoms with E-state index in [1.54, 1.807) is 7.05 Å². The zero-order valence-electron chi connectivity index (χ0n) is 9.24. The zero-order valence-corrected chi connectivity index (χ0v) is 10.1. The fourth-order valence-electron chi connectivity index (χ4n) is 0.902. The van der Waals surface area contributed by atoms with Crippen LogP contribution in [0.15, 0.2) is 5.16 Å². The summed E-state index contributed by atoms with van der Waals surface area (Å²) in [6.45, 7) is 5.53. The van der Waals surface area contributed by atoms with Crippen molar-refractivity contribution in [1.82, 2.24) is 20.5 Å². The minimum atomic E-state index is -0.209. The topological polar surface area (TPSA) is 67.8 Å². The van der Waals surface area contributed by atoms with Crippen LogP contribution >= 0.6 is 11.8 Å². The second-order valence-electron chi connectivity index (χ2n) is 3.14. The molecule has 1 amide bonds. The molecule has 0 aliphatic carbocycles. The van der Waals surface area contributed by atoms with E-state index in [1.165, 1.54) is 11.8 Å². The van der Waals surface area contributed by atoms with Gasteiger partial charge >= 0.3 is 0 Å². The third-order valence-corrected chi connectivity index (χ3v) is 2.92. The number of aromatic nitrogens is 3. The lowest BCUT2D eigenvalue weighted by molar-refractivity contribution is -0.119. The van der Waals surface area contributed by atoms with E-state index in [4.69, 9.17) is 0 Å². The Morgan fingerprint density at radius 2 is 2.00 bits per heavy atom. The summed E-state index contributed by atoms with van der Waals surface area (Å²) in [4.78, 5) is 15.5. The van der Waals surface area contributed by atoms with Crippen molar-refractivity contribution in [2.75, 3.05) is 7.05 Å². The summed E-state index contributed by atoms with van der Waals surface area (Å²) in [5, 5.41) is 10.8. The molecule has 1 atom stereocenters. The van der Waals surface area contributed by atoms with E-state index in [0.29, 0.717) is 5.16 Å². The highest BCUT2D eigenvalue weighted by Crippen LogP contribution is 2.18. The van der Waals surface area contributed by atoms with Gasteiger partial charge in [-0.05, 0) is 20.8 Å². The largest absolute Gasteiger partial charge is 0.358 e. The van der Waals surface area contributed by atoms with Gasteiger partial charge in [-0.25, -0.2) is 4.98 Å². The molecule has 0 fully saturated rings. The van der Waals surface area contributed by atoms with Crippen molar-refractivity contribution in [3.05, 3.63) is 11.4 Å². The number of carbonyl (C=O) groups is 1. The zero-order chi connectivity index (χ0) is 11.4. The maximum atomic E-state index is 11.3. The first-order valence-corrected chi connectivity index (χ1v) is 5.48. The minimum Gasteiger partial charge on any atom is -0.358 e. The first-order chi connectivity index (χ1) is 7.04. The summed E-state index contributed by atoms with van der Waals surface area (Å²) in [5.74, 6) is -0.0400. The fraction of sp³-hybridized carbons (Fsp3) is 0.556. The summed E-state index contributed by atoms with van der Waals surface area (Å²) >= 11 is 1.30. The molecule has 1 unspecified atom stereocenters.